The minimum absolute atomic E-state index is 0.0367. The third-order valence-electron chi connectivity index (χ3n) is 4.61. The van der Waals surface area contributed by atoms with Gasteiger partial charge in [-0.05, 0) is 26.2 Å². The van der Waals surface area contributed by atoms with Crippen LogP contribution in [0.4, 0.5) is 5.69 Å². The van der Waals surface area contributed by atoms with Crippen LogP contribution in [0.25, 0.3) is 22.3 Å². The molecule has 0 spiro atoms. The monoisotopic (exact) mass is 480 g/mol. The zero-order chi connectivity index (χ0) is 23.8. The van der Waals surface area contributed by atoms with Gasteiger partial charge in [-0.1, -0.05) is 30.3 Å². The molecule has 0 aliphatic carbocycles. The van der Waals surface area contributed by atoms with Crippen LogP contribution in [0, 0.1) is 0 Å². The Kier molecular flexibility index (Phi) is 6.36. The van der Waals surface area contributed by atoms with Gasteiger partial charge in [0, 0.05) is 12.1 Å². The first kappa shape index (κ1) is 23.8. The largest absolute Gasteiger partial charge is 0.496 e. The number of ether oxygens (including phenoxy) is 1. The van der Waals surface area contributed by atoms with Crippen molar-refractivity contribution >= 4 is 36.7 Å². The molecule has 1 heterocycles. The van der Waals surface area contributed by atoms with E-state index in [-0.39, 0.29) is 20.4 Å². The third kappa shape index (κ3) is 4.50. The van der Waals surface area contributed by atoms with Crippen LogP contribution in [0.2, 0.25) is 0 Å². The standard InChI is InChI=1S/C21H24N2O7S2/c1-22(2)13-16-17(29-3)12-11-15-19(24)18(23(31(4,25)26)32(5,27)28)20(30-21(15)16)14-9-7-6-8-10-14/h6-12H,13H2,1-5H3. The summed E-state index contributed by atoms with van der Waals surface area (Å²) in [5, 5.41) is 0.0367. The zero-order valence-corrected chi connectivity index (χ0v) is 20.0. The van der Waals surface area contributed by atoms with E-state index in [0.29, 0.717) is 23.4 Å². The second kappa shape index (κ2) is 8.57. The number of hydrogen-bond acceptors (Lipinski definition) is 8. The Balaban J connectivity index is 2.58. The van der Waals surface area contributed by atoms with Gasteiger partial charge >= 0.3 is 0 Å². The molecule has 0 radical (unpaired) electrons. The van der Waals surface area contributed by atoms with E-state index in [1.165, 1.54) is 13.2 Å². The van der Waals surface area contributed by atoms with Crippen LogP contribution in [-0.4, -0.2) is 55.5 Å². The maximum Gasteiger partial charge on any atom is 0.245 e. The number of nitrogens with zero attached hydrogens (tertiary/aromatic N) is 2. The molecule has 0 bridgehead atoms. The molecule has 32 heavy (non-hydrogen) atoms. The summed E-state index contributed by atoms with van der Waals surface area (Å²) in [5.74, 6) is 0.302. The lowest BCUT2D eigenvalue weighted by Crippen LogP contribution is -2.38. The van der Waals surface area contributed by atoms with Crippen molar-refractivity contribution in [2.45, 2.75) is 6.54 Å². The average Bonchev–Trinajstić information content (AvgIpc) is 2.68. The Morgan fingerprint density at radius 2 is 1.53 bits per heavy atom. The van der Waals surface area contributed by atoms with Crippen LogP contribution in [0.5, 0.6) is 5.75 Å². The Bertz CT molecular complexity index is 1400. The molecule has 1 aromatic heterocycles. The first-order chi connectivity index (χ1) is 14.9. The van der Waals surface area contributed by atoms with E-state index in [4.69, 9.17) is 9.15 Å². The van der Waals surface area contributed by atoms with Crippen molar-refractivity contribution < 1.29 is 26.0 Å². The van der Waals surface area contributed by atoms with Gasteiger partial charge in [-0.25, -0.2) is 16.8 Å². The number of hydrogen-bond donors (Lipinski definition) is 0. The fourth-order valence-electron chi connectivity index (χ4n) is 3.47. The van der Waals surface area contributed by atoms with Gasteiger partial charge in [0.05, 0.1) is 30.6 Å². The van der Waals surface area contributed by atoms with Crippen molar-refractivity contribution in [3.05, 3.63) is 58.3 Å². The van der Waals surface area contributed by atoms with Crippen molar-refractivity contribution in [1.82, 2.24) is 4.90 Å². The lowest BCUT2D eigenvalue weighted by Gasteiger charge is -2.22. The molecule has 0 N–H and O–H groups in total. The Hall–Kier alpha value is -2.89. The highest BCUT2D eigenvalue weighted by Crippen LogP contribution is 2.37. The highest BCUT2D eigenvalue weighted by molar-refractivity contribution is 8.09. The summed E-state index contributed by atoms with van der Waals surface area (Å²) in [6.45, 7) is 0.360. The summed E-state index contributed by atoms with van der Waals surface area (Å²) < 4.78 is 61.7. The van der Waals surface area contributed by atoms with Crippen molar-refractivity contribution in [1.29, 1.82) is 0 Å². The van der Waals surface area contributed by atoms with Crippen LogP contribution < -0.4 is 13.9 Å². The predicted octanol–water partition coefficient (Wildman–Crippen LogP) is 2.26. The van der Waals surface area contributed by atoms with Crippen molar-refractivity contribution in [3.8, 4) is 17.1 Å². The van der Waals surface area contributed by atoms with E-state index in [0.717, 1.165) is 12.5 Å². The van der Waals surface area contributed by atoms with Crippen molar-refractivity contribution in [3.63, 3.8) is 0 Å². The van der Waals surface area contributed by atoms with E-state index >= 15 is 0 Å². The van der Waals surface area contributed by atoms with E-state index in [2.05, 4.69) is 0 Å². The van der Waals surface area contributed by atoms with Gasteiger partial charge < -0.3 is 14.1 Å². The number of anilines is 1. The van der Waals surface area contributed by atoms with E-state index in [1.807, 2.05) is 19.0 Å². The number of rotatable bonds is 7. The maximum absolute atomic E-state index is 13.6. The van der Waals surface area contributed by atoms with Gasteiger partial charge in [0.1, 0.15) is 11.3 Å². The lowest BCUT2D eigenvalue weighted by molar-refractivity contribution is 0.371. The normalized spacial score (nSPS) is 12.3. The molecule has 9 nitrogen and oxygen atoms in total. The van der Waals surface area contributed by atoms with Gasteiger partial charge in [-0.3, -0.25) is 4.79 Å². The summed E-state index contributed by atoms with van der Waals surface area (Å²) in [7, 11) is -3.63. The first-order valence-corrected chi connectivity index (χ1v) is 13.1. The number of benzene rings is 2. The van der Waals surface area contributed by atoms with Gasteiger partial charge in [-0.2, -0.15) is 3.71 Å². The van der Waals surface area contributed by atoms with Crippen LogP contribution >= 0.6 is 0 Å². The molecule has 0 atom stereocenters. The number of fused-ring (bicyclic) bond motifs is 1. The molecule has 0 unspecified atom stereocenters. The average molecular weight is 481 g/mol. The van der Waals surface area contributed by atoms with Gasteiger partial charge in [0.2, 0.25) is 25.5 Å². The summed E-state index contributed by atoms with van der Waals surface area (Å²) in [6.07, 6.45) is 1.44. The molecule has 0 aliphatic rings. The molecule has 0 saturated heterocycles. The first-order valence-electron chi connectivity index (χ1n) is 9.43. The van der Waals surface area contributed by atoms with Gasteiger partial charge in [-0.15, -0.1) is 0 Å². The summed E-state index contributed by atoms with van der Waals surface area (Å²) in [6, 6.07) is 11.3. The van der Waals surface area contributed by atoms with Crippen molar-refractivity contribution in [2.24, 2.45) is 0 Å². The predicted molar refractivity (Wildman–Crippen MR) is 124 cm³/mol. The molecule has 0 amide bonds. The highest BCUT2D eigenvalue weighted by atomic mass is 32.3. The van der Waals surface area contributed by atoms with E-state index < -0.39 is 31.2 Å². The van der Waals surface area contributed by atoms with Crippen LogP contribution in [0.1, 0.15) is 5.56 Å². The molecule has 2 aromatic carbocycles. The lowest BCUT2D eigenvalue weighted by atomic mass is 10.1. The maximum atomic E-state index is 13.6. The third-order valence-corrected chi connectivity index (χ3v) is 7.81. The summed E-state index contributed by atoms with van der Waals surface area (Å²) >= 11 is 0. The minimum atomic E-state index is -4.39. The molecule has 3 rings (SSSR count). The summed E-state index contributed by atoms with van der Waals surface area (Å²) in [4.78, 5) is 15.5. The molecule has 3 aromatic rings. The molecule has 172 valence electrons. The second-order valence-electron chi connectivity index (χ2n) is 7.56. The van der Waals surface area contributed by atoms with Crippen LogP contribution in [0.15, 0.2) is 51.7 Å². The van der Waals surface area contributed by atoms with E-state index in [9.17, 15) is 21.6 Å². The quantitative estimate of drug-likeness (QED) is 0.506. The number of methoxy groups -OCH3 is 1. The van der Waals surface area contributed by atoms with Crippen LogP contribution in [-0.2, 0) is 26.6 Å². The summed E-state index contributed by atoms with van der Waals surface area (Å²) in [5.41, 5.74) is -0.274. The smallest absolute Gasteiger partial charge is 0.245 e. The fourth-order valence-corrected chi connectivity index (χ4v) is 6.43. The topological polar surface area (TPSA) is 114 Å². The van der Waals surface area contributed by atoms with Gasteiger partial charge in [0.25, 0.3) is 0 Å². The fraction of sp³-hybridized carbons (Fsp3) is 0.286. The highest BCUT2D eigenvalue weighted by Gasteiger charge is 2.35. The minimum Gasteiger partial charge on any atom is -0.496 e. The molecule has 0 fully saturated rings. The van der Waals surface area contributed by atoms with E-state index in [1.54, 1.807) is 36.4 Å². The van der Waals surface area contributed by atoms with Gasteiger partial charge in [0.15, 0.2) is 11.4 Å². The SMILES string of the molecule is COc1ccc2c(=O)c(N(S(C)(=O)=O)S(C)(=O)=O)c(-c3ccccc3)oc2c1CN(C)C. The molecule has 0 aliphatic heterocycles. The molecular formula is C21H24N2O7S2. The molecule has 0 saturated carbocycles. The Morgan fingerprint density at radius 1 is 0.938 bits per heavy atom. The van der Waals surface area contributed by atoms with Crippen LogP contribution in [0.3, 0.4) is 0 Å². The Labute approximate surface area is 186 Å². The zero-order valence-electron chi connectivity index (χ0n) is 18.3. The second-order valence-corrected chi connectivity index (χ2v) is 11.5. The molecule has 11 heteroatoms. The van der Waals surface area contributed by atoms with Crippen molar-refractivity contribution in [2.75, 3.05) is 37.4 Å². The number of sulfonamides is 2. The Morgan fingerprint density at radius 3 is 2.03 bits per heavy atom. The molecular weight excluding hydrogens is 456 g/mol.